The predicted octanol–water partition coefficient (Wildman–Crippen LogP) is 3.89. The Bertz CT molecular complexity index is 886. The number of aromatic nitrogens is 1. The molecule has 0 aliphatic rings. The van der Waals surface area contributed by atoms with E-state index in [0.29, 0.717) is 42.5 Å². The van der Waals surface area contributed by atoms with Gasteiger partial charge in [-0.15, -0.1) is 0 Å². The van der Waals surface area contributed by atoms with Crippen molar-refractivity contribution in [3.05, 3.63) is 54.1 Å². The molecule has 1 aromatic carbocycles. The summed E-state index contributed by atoms with van der Waals surface area (Å²) in [5, 5.41) is 4.11. The first-order chi connectivity index (χ1) is 13.1. The van der Waals surface area contributed by atoms with Crippen LogP contribution in [0.2, 0.25) is 0 Å². The molecule has 1 amide bonds. The summed E-state index contributed by atoms with van der Waals surface area (Å²) in [5.41, 5.74) is 1.41. The molecule has 7 nitrogen and oxygen atoms in total. The molecule has 0 atom stereocenters. The molecule has 0 aliphatic carbocycles. The summed E-state index contributed by atoms with van der Waals surface area (Å²) in [6.07, 6.45) is 1.99. The molecule has 142 valence electrons. The maximum Gasteiger partial charge on any atom is 0.223 e. The zero-order valence-electron chi connectivity index (χ0n) is 15.6. The molecule has 0 unspecified atom stereocenters. The molecule has 2 heterocycles. The van der Waals surface area contributed by atoms with Crippen LogP contribution in [-0.4, -0.2) is 30.2 Å². The van der Waals surface area contributed by atoms with Gasteiger partial charge >= 0.3 is 0 Å². The maximum absolute atomic E-state index is 12.3. The van der Waals surface area contributed by atoms with Gasteiger partial charge in [-0.05, 0) is 24.3 Å². The Morgan fingerprint density at radius 1 is 1.15 bits per heavy atom. The van der Waals surface area contributed by atoms with E-state index in [4.69, 9.17) is 18.4 Å². The minimum atomic E-state index is 0.0120. The van der Waals surface area contributed by atoms with Gasteiger partial charge in [0.15, 0.2) is 5.76 Å². The van der Waals surface area contributed by atoms with E-state index in [1.807, 2.05) is 31.2 Å². The van der Waals surface area contributed by atoms with Gasteiger partial charge in [-0.2, -0.15) is 0 Å². The average molecular weight is 370 g/mol. The Labute approximate surface area is 157 Å². The number of carbonyl (C=O) groups excluding carboxylic acids is 1. The topological polar surface area (TPSA) is 77.9 Å². The van der Waals surface area contributed by atoms with Gasteiger partial charge in [-0.3, -0.25) is 4.79 Å². The smallest absolute Gasteiger partial charge is 0.223 e. The Balaban J connectivity index is 1.81. The number of hydrogen-bond donors (Lipinski definition) is 0. The molecule has 0 saturated carbocycles. The van der Waals surface area contributed by atoms with E-state index in [0.717, 1.165) is 11.3 Å². The molecule has 27 heavy (non-hydrogen) atoms. The predicted molar refractivity (Wildman–Crippen MR) is 98.3 cm³/mol. The first-order valence-corrected chi connectivity index (χ1v) is 8.62. The van der Waals surface area contributed by atoms with Crippen LogP contribution in [0.25, 0.3) is 11.3 Å². The van der Waals surface area contributed by atoms with Crippen molar-refractivity contribution in [3.63, 3.8) is 0 Å². The highest BCUT2D eigenvalue weighted by Gasteiger charge is 2.18. The molecule has 7 heteroatoms. The number of nitrogens with zero attached hydrogens (tertiary/aromatic N) is 2. The van der Waals surface area contributed by atoms with Crippen molar-refractivity contribution in [2.75, 3.05) is 14.2 Å². The summed E-state index contributed by atoms with van der Waals surface area (Å²) >= 11 is 0. The average Bonchev–Trinajstić information content (AvgIpc) is 3.38. The summed E-state index contributed by atoms with van der Waals surface area (Å²) in [4.78, 5) is 14.0. The largest absolute Gasteiger partial charge is 0.497 e. The zero-order valence-corrected chi connectivity index (χ0v) is 15.6. The number of amides is 1. The first-order valence-electron chi connectivity index (χ1n) is 8.62. The third-order valence-corrected chi connectivity index (χ3v) is 4.17. The van der Waals surface area contributed by atoms with Crippen LogP contribution < -0.4 is 9.47 Å². The van der Waals surface area contributed by atoms with Crippen LogP contribution in [0.15, 0.2) is 51.6 Å². The van der Waals surface area contributed by atoms with Crippen LogP contribution in [0, 0.1) is 0 Å². The first kappa shape index (κ1) is 18.6. The van der Waals surface area contributed by atoms with Crippen LogP contribution >= 0.6 is 0 Å². The summed E-state index contributed by atoms with van der Waals surface area (Å²) in [7, 11) is 3.18. The zero-order chi connectivity index (χ0) is 19.2. The minimum absolute atomic E-state index is 0.0120. The number of carbonyl (C=O) groups is 1. The fourth-order valence-corrected chi connectivity index (χ4v) is 2.76. The monoisotopic (exact) mass is 370 g/mol. The van der Waals surface area contributed by atoms with Crippen molar-refractivity contribution < 1.29 is 23.2 Å². The highest BCUT2D eigenvalue weighted by molar-refractivity contribution is 5.75. The minimum Gasteiger partial charge on any atom is -0.497 e. The molecule has 0 N–H and O–H groups in total. The number of methoxy groups -OCH3 is 2. The lowest BCUT2D eigenvalue weighted by Gasteiger charge is -2.19. The number of benzene rings is 1. The van der Waals surface area contributed by atoms with Crippen molar-refractivity contribution in [2.45, 2.75) is 26.4 Å². The van der Waals surface area contributed by atoms with Crippen LogP contribution in [0.4, 0.5) is 0 Å². The van der Waals surface area contributed by atoms with Gasteiger partial charge in [0.05, 0.1) is 39.1 Å². The molecule has 0 aliphatic heterocycles. The van der Waals surface area contributed by atoms with Crippen molar-refractivity contribution in [1.29, 1.82) is 0 Å². The SMILES string of the molecule is CCC(=O)N(Cc1cc(-c2ccc(OC)cc2OC)on1)Cc1ccco1. The van der Waals surface area contributed by atoms with Gasteiger partial charge < -0.3 is 23.3 Å². The van der Waals surface area contributed by atoms with Gasteiger partial charge in [-0.25, -0.2) is 0 Å². The lowest BCUT2D eigenvalue weighted by Crippen LogP contribution is -2.29. The quantitative estimate of drug-likeness (QED) is 0.599. The second-order valence-electron chi connectivity index (χ2n) is 5.93. The van der Waals surface area contributed by atoms with Gasteiger partial charge in [0.25, 0.3) is 0 Å². The van der Waals surface area contributed by atoms with Crippen LogP contribution in [0.3, 0.4) is 0 Å². The molecule has 0 spiro atoms. The highest BCUT2D eigenvalue weighted by atomic mass is 16.5. The van der Waals surface area contributed by atoms with Crippen molar-refractivity contribution >= 4 is 5.91 Å². The molecule has 0 saturated heterocycles. The normalized spacial score (nSPS) is 10.6. The summed E-state index contributed by atoms with van der Waals surface area (Å²) in [5.74, 6) is 2.60. The van der Waals surface area contributed by atoms with E-state index >= 15 is 0 Å². The molecule has 0 fully saturated rings. The Kier molecular flexibility index (Phi) is 5.80. The van der Waals surface area contributed by atoms with E-state index in [-0.39, 0.29) is 5.91 Å². The second-order valence-corrected chi connectivity index (χ2v) is 5.93. The molecular weight excluding hydrogens is 348 g/mol. The standard InChI is InChI=1S/C20H22N2O5/c1-4-20(23)22(13-16-6-5-9-26-16)12-14-10-19(27-21-14)17-8-7-15(24-2)11-18(17)25-3/h5-11H,4,12-13H2,1-3H3. The van der Waals surface area contributed by atoms with Crippen LogP contribution in [-0.2, 0) is 17.9 Å². The van der Waals surface area contributed by atoms with Crippen molar-refractivity contribution in [3.8, 4) is 22.8 Å². The van der Waals surface area contributed by atoms with E-state index in [9.17, 15) is 4.79 Å². The van der Waals surface area contributed by atoms with E-state index in [2.05, 4.69) is 5.16 Å². The van der Waals surface area contributed by atoms with Crippen LogP contribution in [0.1, 0.15) is 24.8 Å². The Morgan fingerprint density at radius 3 is 2.67 bits per heavy atom. The third-order valence-electron chi connectivity index (χ3n) is 4.17. The van der Waals surface area contributed by atoms with Gasteiger partial charge in [0.2, 0.25) is 5.91 Å². The molecule has 0 bridgehead atoms. The molecule has 0 radical (unpaired) electrons. The Hall–Kier alpha value is -3.22. The van der Waals surface area contributed by atoms with E-state index in [1.165, 1.54) is 0 Å². The summed E-state index contributed by atoms with van der Waals surface area (Å²) < 4.78 is 21.5. The highest BCUT2D eigenvalue weighted by Crippen LogP contribution is 2.33. The number of hydrogen-bond acceptors (Lipinski definition) is 6. The molecule has 3 rings (SSSR count). The van der Waals surface area contributed by atoms with E-state index in [1.54, 1.807) is 37.5 Å². The lowest BCUT2D eigenvalue weighted by molar-refractivity contribution is -0.132. The van der Waals surface area contributed by atoms with Gasteiger partial charge in [-0.1, -0.05) is 12.1 Å². The molecule has 3 aromatic rings. The van der Waals surface area contributed by atoms with E-state index < -0.39 is 0 Å². The molecular formula is C20H22N2O5. The lowest BCUT2D eigenvalue weighted by atomic mass is 10.1. The van der Waals surface area contributed by atoms with Crippen LogP contribution in [0.5, 0.6) is 11.5 Å². The van der Waals surface area contributed by atoms with Gasteiger partial charge in [0.1, 0.15) is 23.0 Å². The van der Waals surface area contributed by atoms with Crippen molar-refractivity contribution in [2.24, 2.45) is 0 Å². The summed E-state index contributed by atoms with van der Waals surface area (Å²) in [6.45, 7) is 2.54. The molecule has 2 aromatic heterocycles. The number of ether oxygens (including phenoxy) is 2. The number of furan rings is 1. The fraction of sp³-hybridized carbons (Fsp3) is 0.300. The maximum atomic E-state index is 12.3. The number of rotatable bonds is 8. The second kappa shape index (κ2) is 8.44. The van der Waals surface area contributed by atoms with Crippen molar-refractivity contribution in [1.82, 2.24) is 10.1 Å². The Morgan fingerprint density at radius 2 is 2.00 bits per heavy atom. The van der Waals surface area contributed by atoms with Gasteiger partial charge in [0, 0.05) is 18.6 Å². The summed E-state index contributed by atoms with van der Waals surface area (Å²) in [6, 6.07) is 10.9. The fourth-order valence-electron chi connectivity index (χ4n) is 2.76. The third kappa shape index (κ3) is 4.31.